The molecule has 1 rings (SSSR count). The number of Topliss-reactive ketones (excluding diaryl/α,β-unsaturated/α-hetero) is 1. The summed E-state index contributed by atoms with van der Waals surface area (Å²) in [5.74, 6) is -2.45. The highest BCUT2D eigenvalue weighted by molar-refractivity contribution is 6.40. The summed E-state index contributed by atoms with van der Waals surface area (Å²) in [6.45, 7) is 3.98. The van der Waals surface area contributed by atoms with Crippen LogP contribution >= 0.6 is 0 Å². The normalized spacial score (nSPS) is 9.94. The number of ketones is 1. The van der Waals surface area contributed by atoms with Crippen molar-refractivity contribution in [2.24, 2.45) is 0 Å². The molecule has 0 saturated heterocycles. The van der Waals surface area contributed by atoms with Crippen LogP contribution in [0.5, 0.6) is 5.75 Å². The molecule has 0 aliphatic heterocycles. The van der Waals surface area contributed by atoms with Gasteiger partial charge >= 0.3 is 5.97 Å². The first-order chi connectivity index (χ1) is 8.60. The molecular weight excluding hydrogens is 239 g/mol. The Labute approximate surface area is 105 Å². The SMILES string of the molecule is CCCOc1ccc(C(=O)C(=O)OCC)cc1F. The van der Waals surface area contributed by atoms with Gasteiger partial charge in [0.1, 0.15) is 0 Å². The van der Waals surface area contributed by atoms with E-state index in [1.807, 2.05) is 6.92 Å². The predicted molar refractivity (Wildman–Crippen MR) is 63.1 cm³/mol. The Morgan fingerprint density at radius 1 is 1.28 bits per heavy atom. The largest absolute Gasteiger partial charge is 0.491 e. The smallest absolute Gasteiger partial charge is 0.379 e. The van der Waals surface area contributed by atoms with E-state index in [0.29, 0.717) is 6.61 Å². The number of rotatable bonds is 6. The molecule has 1 aromatic rings. The number of benzene rings is 1. The van der Waals surface area contributed by atoms with E-state index in [0.717, 1.165) is 12.5 Å². The van der Waals surface area contributed by atoms with Gasteiger partial charge in [-0.1, -0.05) is 6.92 Å². The van der Waals surface area contributed by atoms with E-state index < -0.39 is 17.6 Å². The van der Waals surface area contributed by atoms with Crippen LogP contribution in [-0.4, -0.2) is 25.0 Å². The minimum atomic E-state index is -0.987. The highest BCUT2D eigenvalue weighted by atomic mass is 19.1. The molecule has 0 saturated carbocycles. The summed E-state index contributed by atoms with van der Waals surface area (Å²) in [7, 11) is 0. The number of carbonyl (C=O) groups is 2. The standard InChI is InChI=1S/C13H15FO4/c1-3-7-18-11-6-5-9(8-10(11)14)12(15)13(16)17-4-2/h5-6,8H,3-4,7H2,1-2H3. The number of ether oxygens (including phenoxy) is 2. The van der Waals surface area contributed by atoms with E-state index in [9.17, 15) is 14.0 Å². The monoisotopic (exact) mass is 254 g/mol. The molecule has 0 aliphatic rings. The molecule has 0 atom stereocenters. The van der Waals surface area contributed by atoms with Crippen molar-refractivity contribution in [2.75, 3.05) is 13.2 Å². The lowest BCUT2D eigenvalue weighted by Gasteiger charge is -2.07. The van der Waals surface area contributed by atoms with Gasteiger partial charge in [-0.05, 0) is 31.5 Å². The van der Waals surface area contributed by atoms with Crippen molar-refractivity contribution >= 4 is 11.8 Å². The molecule has 0 aromatic heterocycles. The second kappa shape index (κ2) is 6.74. The first-order valence-corrected chi connectivity index (χ1v) is 5.74. The van der Waals surface area contributed by atoms with Crippen LogP contribution in [-0.2, 0) is 9.53 Å². The van der Waals surface area contributed by atoms with Gasteiger partial charge in [0, 0.05) is 5.56 Å². The fourth-order valence-corrected chi connectivity index (χ4v) is 1.29. The van der Waals surface area contributed by atoms with Crippen LogP contribution in [0.2, 0.25) is 0 Å². The van der Waals surface area contributed by atoms with Gasteiger partial charge in [-0.25, -0.2) is 9.18 Å². The molecule has 1 aromatic carbocycles. The zero-order valence-electron chi connectivity index (χ0n) is 10.4. The van der Waals surface area contributed by atoms with Crippen LogP contribution in [0.3, 0.4) is 0 Å². The van der Waals surface area contributed by atoms with Crippen LogP contribution in [0.25, 0.3) is 0 Å². The molecule has 5 heteroatoms. The van der Waals surface area contributed by atoms with Crippen molar-refractivity contribution < 1.29 is 23.5 Å². The van der Waals surface area contributed by atoms with Crippen molar-refractivity contribution in [1.82, 2.24) is 0 Å². The van der Waals surface area contributed by atoms with Crippen molar-refractivity contribution in [2.45, 2.75) is 20.3 Å². The van der Waals surface area contributed by atoms with Gasteiger partial charge in [-0.15, -0.1) is 0 Å². The van der Waals surface area contributed by atoms with Crippen LogP contribution < -0.4 is 4.74 Å². The maximum absolute atomic E-state index is 13.6. The van der Waals surface area contributed by atoms with Crippen molar-refractivity contribution in [3.05, 3.63) is 29.6 Å². The molecule has 0 bridgehead atoms. The summed E-state index contributed by atoms with van der Waals surface area (Å²) >= 11 is 0. The molecule has 0 radical (unpaired) electrons. The number of carbonyl (C=O) groups excluding carboxylic acids is 2. The second-order valence-corrected chi connectivity index (χ2v) is 3.54. The maximum atomic E-state index is 13.6. The lowest BCUT2D eigenvalue weighted by molar-refractivity contribution is -0.137. The van der Waals surface area contributed by atoms with Gasteiger partial charge in [0.25, 0.3) is 5.78 Å². The van der Waals surface area contributed by atoms with Gasteiger partial charge in [0.05, 0.1) is 13.2 Å². The van der Waals surface area contributed by atoms with E-state index in [4.69, 9.17) is 4.74 Å². The molecular formula is C13H15FO4. The van der Waals surface area contributed by atoms with Crippen LogP contribution in [0.1, 0.15) is 30.6 Å². The van der Waals surface area contributed by atoms with Crippen LogP contribution in [0.4, 0.5) is 4.39 Å². The lowest BCUT2D eigenvalue weighted by Crippen LogP contribution is -2.17. The third-order valence-corrected chi connectivity index (χ3v) is 2.12. The molecule has 0 N–H and O–H groups in total. The second-order valence-electron chi connectivity index (χ2n) is 3.54. The highest BCUT2D eigenvalue weighted by Gasteiger charge is 2.19. The summed E-state index contributed by atoms with van der Waals surface area (Å²) in [6.07, 6.45) is 0.753. The van der Waals surface area contributed by atoms with Gasteiger partial charge in [0.2, 0.25) is 0 Å². The Morgan fingerprint density at radius 3 is 2.56 bits per heavy atom. The molecule has 0 fully saturated rings. The molecule has 0 aliphatic carbocycles. The first kappa shape index (κ1) is 14.2. The Hall–Kier alpha value is -1.91. The number of halogens is 1. The van der Waals surface area contributed by atoms with Gasteiger partial charge in [-0.3, -0.25) is 4.79 Å². The van der Waals surface area contributed by atoms with Gasteiger partial charge < -0.3 is 9.47 Å². The number of hydrogen-bond donors (Lipinski definition) is 0. The lowest BCUT2D eigenvalue weighted by atomic mass is 10.1. The van der Waals surface area contributed by atoms with E-state index in [1.54, 1.807) is 6.92 Å². The van der Waals surface area contributed by atoms with Crippen molar-refractivity contribution in [1.29, 1.82) is 0 Å². The Kier molecular flexibility index (Phi) is 5.30. The quantitative estimate of drug-likeness (QED) is 0.444. The summed E-state index contributed by atoms with van der Waals surface area (Å²) in [6, 6.07) is 3.65. The molecule has 18 heavy (non-hydrogen) atoms. The molecule has 4 nitrogen and oxygen atoms in total. The zero-order chi connectivity index (χ0) is 13.5. The summed E-state index contributed by atoms with van der Waals surface area (Å²) in [5, 5.41) is 0. The average molecular weight is 254 g/mol. The van der Waals surface area contributed by atoms with Gasteiger partial charge in [-0.2, -0.15) is 0 Å². The molecule has 0 spiro atoms. The van der Waals surface area contributed by atoms with E-state index in [2.05, 4.69) is 4.74 Å². The molecule has 98 valence electrons. The Balaban J connectivity index is 2.83. The first-order valence-electron chi connectivity index (χ1n) is 5.74. The average Bonchev–Trinajstić information content (AvgIpc) is 2.36. The molecule has 0 amide bonds. The highest BCUT2D eigenvalue weighted by Crippen LogP contribution is 2.19. The minimum Gasteiger partial charge on any atom is -0.491 e. The minimum absolute atomic E-state index is 0.0465. The topological polar surface area (TPSA) is 52.6 Å². The van der Waals surface area contributed by atoms with Crippen molar-refractivity contribution in [3.63, 3.8) is 0 Å². The fourth-order valence-electron chi connectivity index (χ4n) is 1.29. The zero-order valence-corrected chi connectivity index (χ0v) is 10.4. The third kappa shape index (κ3) is 3.55. The maximum Gasteiger partial charge on any atom is 0.379 e. The number of esters is 1. The Morgan fingerprint density at radius 2 is 2.00 bits per heavy atom. The van der Waals surface area contributed by atoms with E-state index in [1.165, 1.54) is 12.1 Å². The van der Waals surface area contributed by atoms with Crippen LogP contribution in [0.15, 0.2) is 18.2 Å². The van der Waals surface area contributed by atoms with E-state index >= 15 is 0 Å². The number of hydrogen-bond acceptors (Lipinski definition) is 4. The molecule has 0 heterocycles. The third-order valence-electron chi connectivity index (χ3n) is 2.12. The van der Waals surface area contributed by atoms with Crippen LogP contribution in [0, 0.1) is 5.82 Å². The summed E-state index contributed by atoms with van der Waals surface area (Å²) < 4.78 is 23.2. The van der Waals surface area contributed by atoms with Gasteiger partial charge in [0.15, 0.2) is 11.6 Å². The molecule has 0 unspecified atom stereocenters. The summed E-state index contributed by atoms with van der Waals surface area (Å²) in [4.78, 5) is 22.7. The van der Waals surface area contributed by atoms with E-state index in [-0.39, 0.29) is 17.9 Å². The Bertz CT molecular complexity index is 443. The summed E-state index contributed by atoms with van der Waals surface area (Å²) in [5.41, 5.74) is -0.0465. The fraction of sp³-hybridized carbons (Fsp3) is 0.385. The predicted octanol–water partition coefficient (Wildman–Crippen LogP) is 2.36. The van der Waals surface area contributed by atoms with Crippen molar-refractivity contribution in [3.8, 4) is 5.75 Å².